The van der Waals surface area contributed by atoms with E-state index < -0.39 is 15.3 Å². The zero-order valence-electron chi connectivity index (χ0n) is 10.7. The molecule has 100 valence electrons. The van der Waals surface area contributed by atoms with Gasteiger partial charge < -0.3 is 4.74 Å². The van der Waals surface area contributed by atoms with Crippen LogP contribution in [0, 0.1) is 0 Å². The Labute approximate surface area is 108 Å². The van der Waals surface area contributed by atoms with Crippen LogP contribution in [0.25, 0.3) is 0 Å². The number of nitrogens with one attached hydrogen (secondary N) is 1. The lowest BCUT2D eigenvalue weighted by Crippen LogP contribution is -2.42. The summed E-state index contributed by atoms with van der Waals surface area (Å²) >= 11 is 0. The van der Waals surface area contributed by atoms with E-state index in [1.54, 1.807) is 13.8 Å². The normalized spacial score (nSPS) is 24.6. The van der Waals surface area contributed by atoms with Gasteiger partial charge in [0.2, 0.25) is 10.0 Å². The highest BCUT2D eigenvalue weighted by Crippen LogP contribution is 2.26. The molecule has 0 saturated carbocycles. The molecule has 0 aliphatic carbocycles. The molecule has 1 saturated heterocycles. The summed E-state index contributed by atoms with van der Waals surface area (Å²) in [6.45, 7) is 4.35. The standard InChI is InChI=1S/C13H19NO3S/c1-10(2)18(15,16)14-13-9-17-8-12(13)11-6-4-3-5-7-11/h3-7,10,12-14H,8-9H2,1-2H3. The quantitative estimate of drug-likeness (QED) is 0.901. The van der Waals surface area contributed by atoms with Crippen LogP contribution in [0.3, 0.4) is 0 Å². The highest BCUT2D eigenvalue weighted by molar-refractivity contribution is 7.90. The summed E-state index contributed by atoms with van der Waals surface area (Å²) in [4.78, 5) is 0. The van der Waals surface area contributed by atoms with Gasteiger partial charge in [0.05, 0.1) is 24.5 Å². The Bertz CT molecular complexity index is 484. The summed E-state index contributed by atoms with van der Waals surface area (Å²) < 4.78 is 32.0. The molecule has 18 heavy (non-hydrogen) atoms. The van der Waals surface area contributed by atoms with Gasteiger partial charge in [-0.25, -0.2) is 13.1 Å². The van der Waals surface area contributed by atoms with E-state index in [1.165, 1.54) is 0 Å². The first kappa shape index (κ1) is 13.5. The lowest BCUT2D eigenvalue weighted by Gasteiger charge is -2.20. The van der Waals surface area contributed by atoms with Gasteiger partial charge >= 0.3 is 0 Å². The largest absolute Gasteiger partial charge is 0.379 e. The molecule has 0 aromatic heterocycles. The van der Waals surface area contributed by atoms with Crippen molar-refractivity contribution in [1.29, 1.82) is 0 Å². The second kappa shape index (κ2) is 5.38. The van der Waals surface area contributed by atoms with Gasteiger partial charge in [-0.15, -0.1) is 0 Å². The van der Waals surface area contributed by atoms with E-state index in [4.69, 9.17) is 4.74 Å². The molecular formula is C13H19NO3S. The number of ether oxygens (including phenoxy) is 1. The molecule has 1 aliphatic rings. The molecule has 5 heteroatoms. The molecule has 0 radical (unpaired) electrons. The van der Waals surface area contributed by atoms with Crippen LogP contribution in [-0.2, 0) is 14.8 Å². The van der Waals surface area contributed by atoms with Gasteiger partial charge in [-0.3, -0.25) is 0 Å². The summed E-state index contributed by atoms with van der Waals surface area (Å²) in [5.74, 6) is 0.0970. The fourth-order valence-corrected chi connectivity index (χ4v) is 2.97. The van der Waals surface area contributed by atoms with Crippen LogP contribution in [-0.4, -0.2) is 32.9 Å². The molecule has 0 bridgehead atoms. The van der Waals surface area contributed by atoms with E-state index in [9.17, 15) is 8.42 Å². The first-order valence-corrected chi connectivity index (χ1v) is 7.69. The highest BCUT2D eigenvalue weighted by atomic mass is 32.2. The van der Waals surface area contributed by atoms with Crippen LogP contribution < -0.4 is 4.72 Å². The minimum Gasteiger partial charge on any atom is -0.379 e. The fourth-order valence-electron chi connectivity index (χ4n) is 2.05. The average Bonchev–Trinajstić information content (AvgIpc) is 2.77. The van der Waals surface area contributed by atoms with Crippen LogP contribution in [0.5, 0.6) is 0 Å². The minimum atomic E-state index is -3.25. The fraction of sp³-hybridized carbons (Fsp3) is 0.538. The number of hydrogen-bond acceptors (Lipinski definition) is 3. The zero-order chi connectivity index (χ0) is 13.2. The molecular weight excluding hydrogens is 250 g/mol. The van der Waals surface area contributed by atoms with Crippen molar-refractivity contribution >= 4 is 10.0 Å². The first-order valence-electron chi connectivity index (χ1n) is 6.14. The van der Waals surface area contributed by atoms with Gasteiger partial charge in [0.1, 0.15) is 0 Å². The SMILES string of the molecule is CC(C)S(=O)(=O)NC1COCC1c1ccccc1. The first-order chi connectivity index (χ1) is 8.50. The summed E-state index contributed by atoms with van der Waals surface area (Å²) in [6.07, 6.45) is 0. The van der Waals surface area contributed by atoms with Crippen molar-refractivity contribution in [3.8, 4) is 0 Å². The number of rotatable bonds is 4. The number of sulfonamides is 1. The Balaban J connectivity index is 2.14. The lowest BCUT2D eigenvalue weighted by molar-refractivity contribution is 0.189. The van der Waals surface area contributed by atoms with Gasteiger partial charge in [0.25, 0.3) is 0 Å². The van der Waals surface area contributed by atoms with Crippen LogP contribution in [0.2, 0.25) is 0 Å². The topological polar surface area (TPSA) is 55.4 Å². The maximum absolute atomic E-state index is 11.9. The van der Waals surface area contributed by atoms with E-state index in [0.717, 1.165) is 5.56 Å². The molecule has 1 fully saturated rings. The van der Waals surface area contributed by atoms with Crippen LogP contribution >= 0.6 is 0 Å². The van der Waals surface area contributed by atoms with Crippen molar-refractivity contribution in [2.24, 2.45) is 0 Å². The van der Waals surface area contributed by atoms with Crippen molar-refractivity contribution in [3.63, 3.8) is 0 Å². The van der Waals surface area contributed by atoms with Gasteiger partial charge in [-0.2, -0.15) is 0 Å². The molecule has 1 aromatic rings. The smallest absolute Gasteiger partial charge is 0.214 e. The third-order valence-electron chi connectivity index (χ3n) is 3.24. The van der Waals surface area contributed by atoms with Crippen molar-refractivity contribution in [2.45, 2.75) is 31.1 Å². The van der Waals surface area contributed by atoms with E-state index in [2.05, 4.69) is 4.72 Å². The predicted molar refractivity (Wildman–Crippen MR) is 71.0 cm³/mol. The Morgan fingerprint density at radius 3 is 2.50 bits per heavy atom. The van der Waals surface area contributed by atoms with Crippen LogP contribution in [0.15, 0.2) is 30.3 Å². The van der Waals surface area contributed by atoms with Crippen LogP contribution in [0.1, 0.15) is 25.3 Å². The van der Waals surface area contributed by atoms with Crippen molar-refractivity contribution in [2.75, 3.05) is 13.2 Å². The summed E-state index contributed by atoms with van der Waals surface area (Å²) in [5.41, 5.74) is 1.12. The number of hydrogen-bond donors (Lipinski definition) is 1. The Morgan fingerprint density at radius 2 is 1.89 bits per heavy atom. The Hall–Kier alpha value is -0.910. The monoisotopic (exact) mass is 269 g/mol. The van der Waals surface area contributed by atoms with Crippen molar-refractivity contribution in [3.05, 3.63) is 35.9 Å². The van der Waals surface area contributed by atoms with E-state index in [-0.39, 0.29) is 12.0 Å². The second-order valence-electron chi connectivity index (χ2n) is 4.87. The second-order valence-corrected chi connectivity index (χ2v) is 7.14. The van der Waals surface area contributed by atoms with Gasteiger partial charge in [-0.05, 0) is 19.4 Å². The van der Waals surface area contributed by atoms with Crippen molar-refractivity contribution < 1.29 is 13.2 Å². The maximum Gasteiger partial charge on any atom is 0.214 e. The highest BCUT2D eigenvalue weighted by Gasteiger charge is 2.33. The Morgan fingerprint density at radius 1 is 1.22 bits per heavy atom. The molecule has 2 rings (SSSR count). The molecule has 1 aliphatic heterocycles. The molecule has 2 unspecified atom stereocenters. The van der Waals surface area contributed by atoms with E-state index in [0.29, 0.717) is 13.2 Å². The minimum absolute atomic E-state index is 0.0970. The molecule has 0 amide bonds. The predicted octanol–water partition coefficient (Wildman–Crippen LogP) is 1.50. The molecule has 2 atom stereocenters. The average molecular weight is 269 g/mol. The maximum atomic E-state index is 11.9. The van der Waals surface area contributed by atoms with Crippen LogP contribution in [0.4, 0.5) is 0 Å². The van der Waals surface area contributed by atoms with Gasteiger partial charge in [-0.1, -0.05) is 30.3 Å². The molecule has 1 N–H and O–H groups in total. The third-order valence-corrected chi connectivity index (χ3v) is 5.12. The molecule has 4 nitrogen and oxygen atoms in total. The molecule has 1 aromatic carbocycles. The number of benzene rings is 1. The molecule has 0 spiro atoms. The molecule has 1 heterocycles. The lowest BCUT2D eigenvalue weighted by atomic mass is 9.95. The zero-order valence-corrected chi connectivity index (χ0v) is 11.5. The summed E-state index contributed by atoms with van der Waals surface area (Å²) in [5, 5.41) is -0.422. The van der Waals surface area contributed by atoms with Gasteiger partial charge in [0.15, 0.2) is 0 Å². The van der Waals surface area contributed by atoms with E-state index >= 15 is 0 Å². The summed E-state index contributed by atoms with van der Waals surface area (Å²) in [6, 6.07) is 9.72. The van der Waals surface area contributed by atoms with E-state index in [1.807, 2.05) is 30.3 Å². The summed E-state index contributed by atoms with van der Waals surface area (Å²) in [7, 11) is -3.25. The van der Waals surface area contributed by atoms with Gasteiger partial charge in [0, 0.05) is 5.92 Å². The van der Waals surface area contributed by atoms with Crippen molar-refractivity contribution in [1.82, 2.24) is 4.72 Å². The Kier molecular flexibility index (Phi) is 4.04. The third kappa shape index (κ3) is 2.91.